The van der Waals surface area contributed by atoms with Gasteiger partial charge >= 0.3 is 0 Å². The van der Waals surface area contributed by atoms with Crippen LogP contribution in [0.2, 0.25) is 0 Å². The summed E-state index contributed by atoms with van der Waals surface area (Å²) < 4.78 is 0. The molecule has 1 heterocycles. The van der Waals surface area contributed by atoms with Gasteiger partial charge in [0.1, 0.15) is 0 Å². The lowest BCUT2D eigenvalue weighted by atomic mass is 9.89. The molecule has 0 bridgehead atoms. The van der Waals surface area contributed by atoms with Gasteiger partial charge in [-0.3, -0.25) is 0 Å². The number of likely N-dealkylation sites (tertiary alicyclic amines) is 1. The number of nitrogens with zero attached hydrogens (tertiary/aromatic N) is 1. The predicted octanol–water partition coefficient (Wildman–Crippen LogP) is 0.148. The van der Waals surface area contributed by atoms with Gasteiger partial charge in [0.2, 0.25) is 0 Å². The Hall–Kier alpha value is -0.120. The Kier molecular flexibility index (Phi) is 3.50. The minimum absolute atomic E-state index is 0.0652. The molecule has 0 spiro atoms. The molecule has 0 amide bonds. The molecule has 0 aliphatic carbocycles. The molecular formula is C9H21N3. The fourth-order valence-corrected chi connectivity index (χ4v) is 1.74. The average Bonchev–Trinajstić information content (AvgIpc) is 2.10. The lowest BCUT2D eigenvalue weighted by Crippen LogP contribution is -2.54. The first-order valence-corrected chi connectivity index (χ1v) is 4.91. The van der Waals surface area contributed by atoms with Gasteiger partial charge in [-0.1, -0.05) is 6.92 Å². The van der Waals surface area contributed by atoms with Crippen molar-refractivity contribution in [3.63, 3.8) is 0 Å². The van der Waals surface area contributed by atoms with Crippen LogP contribution in [0.15, 0.2) is 0 Å². The molecule has 4 N–H and O–H groups in total. The third-order valence-corrected chi connectivity index (χ3v) is 2.80. The molecule has 1 aliphatic heterocycles. The Morgan fingerprint density at radius 2 is 1.92 bits per heavy atom. The Morgan fingerprint density at radius 1 is 1.33 bits per heavy atom. The standard InChI is InChI=1S/C9H21N3/c1-2-5-12-6-3-9(11,8-10)4-7-12/h2-8,10-11H2,1H3. The maximum absolute atomic E-state index is 6.07. The smallest absolute Gasteiger partial charge is 0.0303 e. The van der Waals surface area contributed by atoms with Gasteiger partial charge in [0.05, 0.1) is 0 Å². The van der Waals surface area contributed by atoms with Crippen molar-refractivity contribution in [2.24, 2.45) is 11.5 Å². The molecule has 1 saturated heterocycles. The van der Waals surface area contributed by atoms with Crippen LogP contribution in [0.1, 0.15) is 26.2 Å². The summed E-state index contributed by atoms with van der Waals surface area (Å²) in [5, 5.41) is 0. The second-order valence-corrected chi connectivity index (χ2v) is 3.91. The summed E-state index contributed by atoms with van der Waals surface area (Å²) in [6, 6.07) is 0. The minimum Gasteiger partial charge on any atom is -0.329 e. The maximum Gasteiger partial charge on any atom is 0.0303 e. The number of piperidine rings is 1. The van der Waals surface area contributed by atoms with E-state index in [1.54, 1.807) is 0 Å². The zero-order valence-electron chi connectivity index (χ0n) is 8.05. The Morgan fingerprint density at radius 3 is 2.33 bits per heavy atom. The molecule has 0 radical (unpaired) electrons. The summed E-state index contributed by atoms with van der Waals surface area (Å²) in [4.78, 5) is 2.47. The molecular weight excluding hydrogens is 150 g/mol. The topological polar surface area (TPSA) is 55.3 Å². The first-order chi connectivity index (χ1) is 5.70. The molecule has 3 heteroatoms. The molecule has 0 atom stereocenters. The number of hydrogen-bond donors (Lipinski definition) is 2. The van der Waals surface area contributed by atoms with Crippen molar-refractivity contribution in [3.05, 3.63) is 0 Å². The molecule has 0 aromatic heterocycles. The Bertz CT molecular complexity index is 128. The van der Waals surface area contributed by atoms with Crippen molar-refractivity contribution in [2.45, 2.75) is 31.7 Å². The normalized spacial score (nSPS) is 24.2. The minimum atomic E-state index is -0.0652. The summed E-state index contributed by atoms with van der Waals surface area (Å²) in [7, 11) is 0. The Labute approximate surface area is 75.1 Å². The first-order valence-electron chi connectivity index (χ1n) is 4.91. The summed E-state index contributed by atoms with van der Waals surface area (Å²) in [5.41, 5.74) is 11.6. The largest absolute Gasteiger partial charge is 0.329 e. The maximum atomic E-state index is 6.07. The van der Waals surface area contributed by atoms with Crippen LogP contribution in [0.5, 0.6) is 0 Å². The van der Waals surface area contributed by atoms with Crippen LogP contribution in [-0.4, -0.2) is 36.6 Å². The van der Waals surface area contributed by atoms with E-state index in [0.717, 1.165) is 25.9 Å². The number of nitrogens with two attached hydrogens (primary N) is 2. The SMILES string of the molecule is CCCN1CCC(N)(CN)CC1. The average molecular weight is 171 g/mol. The molecule has 0 saturated carbocycles. The second-order valence-electron chi connectivity index (χ2n) is 3.91. The molecule has 3 nitrogen and oxygen atoms in total. The van der Waals surface area contributed by atoms with Crippen LogP contribution >= 0.6 is 0 Å². The number of rotatable bonds is 3. The van der Waals surface area contributed by atoms with E-state index in [-0.39, 0.29) is 5.54 Å². The summed E-state index contributed by atoms with van der Waals surface area (Å²) >= 11 is 0. The second kappa shape index (κ2) is 4.21. The van der Waals surface area contributed by atoms with Gasteiger partial charge < -0.3 is 16.4 Å². The first kappa shape index (κ1) is 9.96. The van der Waals surface area contributed by atoms with Gasteiger partial charge in [-0.2, -0.15) is 0 Å². The molecule has 0 unspecified atom stereocenters. The van der Waals surface area contributed by atoms with E-state index in [0.29, 0.717) is 6.54 Å². The summed E-state index contributed by atoms with van der Waals surface area (Å²) in [5.74, 6) is 0. The van der Waals surface area contributed by atoms with Crippen LogP contribution in [-0.2, 0) is 0 Å². The molecule has 1 aliphatic rings. The van der Waals surface area contributed by atoms with Crippen molar-refractivity contribution in [1.82, 2.24) is 4.90 Å². The van der Waals surface area contributed by atoms with Crippen LogP contribution in [0.4, 0.5) is 0 Å². The highest BCUT2D eigenvalue weighted by molar-refractivity contribution is 4.90. The van der Waals surface area contributed by atoms with Crippen LogP contribution < -0.4 is 11.5 Å². The highest BCUT2D eigenvalue weighted by Gasteiger charge is 2.28. The van der Waals surface area contributed by atoms with E-state index in [4.69, 9.17) is 11.5 Å². The third-order valence-electron chi connectivity index (χ3n) is 2.80. The van der Waals surface area contributed by atoms with Crippen molar-refractivity contribution in [2.75, 3.05) is 26.2 Å². The summed E-state index contributed by atoms with van der Waals surface area (Å²) in [6.45, 7) is 6.31. The van der Waals surface area contributed by atoms with Gasteiger partial charge in [0, 0.05) is 12.1 Å². The van der Waals surface area contributed by atoms with Gasteiger partial charge in [-0.05, 0) is 38.9 Å². The lowest BCUT2D eigenvalue weighted by Gasteiger charge is -2.38. The van der Waals surface area contributed by atoms with Crippen LogP contribution in [0, 0.1) is 0 Å². The van der Waals surface area contributed by atoms with Crippen molar-refractivity contribution in [3.8, 4) is 0 Å². The molecule has 12 heavy (non-hydrogen) atoms. The quantitative estimate of drug-likeness (QED) is 0.635. The van der Waals surface area contributed by atoms with E-state index < -0.39 is 0 Å². The van der Waals surface area contributed by atoms with E-state index in [1.807, 2.05) is 0 Å². The van der Waals surface area contributed by atoms with E-state index in [1.165, 1.54) is 13.0 Å². The van der Waals surface area contributed by atoms with Gasteiger partial charge in [-0.15, -0.1) is 0 Å². The molecule has 1 fully saturated rings. The predicted molar refractivity (Wildman–Crippen MR) is 51.9 cm³/mol. The fourth-order valence-electron chi connectivity index (χ4n) is 1.74. The molecule has 0 aromatic rings. The molecule has 1 rings (SSSR count). The highest BCUT2D eigenvalue weighted by atomic mass is 15.1. The van der Waals surface area contributed by atoms with Gasteiger partial charge in [-0.25, -0.2) is 0 Å². The molecule has 72 valence electrons. The summed E-state index contributed by atoms with van der Waals surface area (Å²) in [6.07, 6.45) is 3.35. The van der Waals surface area contributed by atoms with E-state index in [9.17, 15) is 0 Å². The zero-order chi connectivity index (χ0) is 9.03. The van der Waals surface area contributed by atoms with Gasteiger partial charge in [0.25, 0.3) is 0 Å². The lowest BCUT2D eigenvalue weighted by molar-refractivity contribution is 0.166. The third kappa shape index (κ3) is 2.44. The van der Waals surface area contributed by atoms with E-state index in [2.05, 4.69) is 11.8 Å². The van der Waals surface area contributed by atoms with Gasteiger partial charge in [0.15, 0.2) is 0 Å². The van der Waals surface area contributed by atoms with Crippen molar-refractivity contribution < 1.29 is 0 Å². The highest BCUT2D eigenvalue weighted by Crippen LogP contribution is 2.18. The monoisotopic (exact) mass is 171 g/mol. The zero-order valence-corrected chi connectivity index (χ0v) is 8.05. The van der Waals surface area contributed by atoms with E-state index >= 15 is 0 Å². The molecule has 0 aromatic carbocycles. The van der Waals surface area contributed by atoms with Crippen molar-refractivity contribution >= 4 is 0 Å². The van der Waals surface area contributed by atoms with Crippen LogP contribution in [0.3, 0.4) is 0 Å². The van der Waals surface area contributed by atoms with Crippen LogP contribution in [0.25, 0.3) is 0 Å². The Balaban J connectivity index is 2.29. The van der Waals surface area contributed by atoms with Crippen molar-refractivity contribution in [1.29, 1.82) is 0 Å². The fraction of sp³-hybridized carbons (Fsp3) is 1.00. The number of hydrogen-bond acceptors (Lipinski definition) is 3.